The van der Waals surface area contributed by atoms with E-state index < -0.39 is 0 Å². The van der Waals surface area contributed by atoms with Crippen LogP contribution in [0.15, 0.2) is 0 Å². The second-order valence-electron chi connectivity index (χ2n) is 5.14. The van der Waals surface area contributed by atoms with Gasteiger partial charge in [0.15, 0.2) is 0 Å². The highest BCUT2D eigenvalue weighted by Gasteiger charge is 2.23. The molecule has 1 aliphatic carbocycles. The summed E-state index contributed by atoms with van der Waals surface area (Å²) in [6.07, 6.45) is 4.53. The number of hydrogen-bond acceptors (Lipinski definition) is 2. The average Bonchev–Trinajstić information content (AvgIpc) is 2.61. The van der Waals surface area contributed by atoms with Crippen LogP contribution in [0.5, 0.6) is 0 Å². The van der Waals surface area contributed by atoms with Crippen LogP contribution in [0.25, 0.3) is 0 Å². The zero-order valence-corrected chi connectivity index (χ0v) is 10.9. The van der Waals surface area contributed by atoms with Gasteiger partial charge in [-0.05, 0) is 31.7 Å². The fraction of sp³-hybridized carbons (Fsp3) is 0.923. The van der Waals surface area contributed by atoms with Crippen molar-refractivity contribution in [3.8, 4) is 0 Å². The third-order valence-electron chi connectivity index (χ3n) is 3.64. The number of rotatable bonds is 6. The fourth-order valence-electron chi connectivity index (χ4n) is 2.54. The van der Waals surface area contributed by atoms with E-state index in [-0.39, 0.29) is 11.9 Å². The summed E-state index contributed by atoms with van der Waals surface area (Å²) < 4.78 is 0. The van der Waals surface area contributed by atoms with Crippen LogP contribution in [0.2, 0.25) is 0 Å². The molecule has 0 aromatic rings. The van der Waals surface area contributed by atoms with Crippen molar-refractivity contribution in [2.24, 2.45) is 11.8 Å². The van der Waals surface area contributed by atoms with Gasteiger partial charge in [-0.3, -0.25) is 4.79 Å². The number of carbonyl (C=O) groups is 1. The molecule has 1 fully saturated rings. The van der Waals surface area contributed by atoms with E-state index in [2.05, 4.69) is 31.4 Å². The summed E-state index contributed by atoms with van der Waals surface area (Å²) in [5.74, 6) is 1.68. The molecular weight excluding hydrogens is 200 g/mol. The van der Waals surface area contributed by atoms with Gasteiger partial charge >= 0.3 is 0 Å². The molecule has 1 saturated carbocycles. The lowest BCUT2D eigenvalue weighted by Gasteiger charge is -2.17. The Morgan fingerprint density at radius 3 is 2.75 bits per heavy atom. The minimum Gasteiger partial charge on any atom is -0.356 e. The average molecular weight is 226 g/mol. The van der Waals surface area contributed by atoms with Gasteiger partial charge in [0.1, 0.15) is 0 Å². The molecule has 0 saturated heterocycles. The Morgan fingerprint density at radius 1 is 1.44 bits per heavy atom. The molecule has 3 heteroatoms. The first-order valence-electron chi connectivity index (χ1n) is 6.63. The molecule has 0 radical (unpaired) electrons. The quantitative estimate of drug-likeness (QED) is 0.726. The Labute approximate surface area is 99.4 Å². The molecule has 0 spiro atoms. The SMILES string of the molecule is CCNC(C)CC(=O)NCC1CCCC1C. The molecule has 1 rings (SSSR count). The molecule has 0 aliphatic heterocycles. The van der Waals surface area contributed by atoms with E-state index in [1.54, 1.807) is 0 Å². The predicted octanol–water partition coefficient (Wildman–Crippen LogP) is 1.93. The van der Waals surface area contributed by atoms with Crippen molar-refractivity contribution >= 4 is 5.91 Å². The third kappa shape index (κ3) is 4.52. The van der Waals surface area contributed by atoms with Crippen molar-refractivity contribution in [3.05, 3.63) is 0 Å². The Bertz CT molecular complexity index is 218. The van der Waals surface area contributed by atoms with Crippen LogP contribution in [0, 0.1) is 11.8 Å². The van der Waals surface area contributed by atoms with E-state index in [0.717, 1.165) is 19.0 Å². The first-order chi connectivity index (χ1) is 7.63. The molecule has 3 atom stereocenters. The van der Waals surface area contributed by atoms with E-state index >= 15 is 0 Å². The highest BCUT2D eigenvalue weighted by atomic mass is 16.1. The second-order valence-corrected chi connectivity index (χ2v) is 5.14. The lowest BCUT2D eigenvalue weighted by Crippen LogP contribution is -2.36. The third-order valence-corrected chi connectivity index (χ3v) is 3.64. The lowest BCUT2D eigenvalue weighted by atomic mass is 9.98. The number of carbonyl (C=O) groups excluding carboxylic acids is 1. The van der Waals surface area contributed by atoms with Crippen molar-refractivity contribution in [1.82, 2.24) is 10.6 Å². The summed E-state index contributed by atoms with van der Waals surface area (Å²) in [4.78, 5) is 11.6. The van der Waals surface area contributed by atoms with Gasteiger partial charge in [-0.2, -0.15) is 0 Å². The minimum absolute atomic E-state index is 0.188. The largest absolute Gasteiger partial charge is 0.356 e. The molecule has 0 heterocycles. The highest BCUT2D eigenvalue weighted by Crippen LogP contribution is 2.30. The summed E-state index contributed by atoms with van der Waals surface area (Å²) in [5, 5.41) is 6.32. The van der Waals surface area contributed by atoms with Crippen molar-refractivity contribution < 1.29 is 4.79 Å². The van der Waals surface area contributed by atoms with E-state index in [9.17, 15) is 4.79 Å². The minimum atomic E-state index is 0.188. The lowest BCUT2D eigenvalue weighted by molar-refractivity contribution is -0.121. The van der Waals surface area contributed by atoms with Gasteiger partial charge in [-0.25, -0.2) is 0 Å². The molecule has 94 valence electrons. The molecular formula is C13H26N2O. The van der Waals surface area contributed by atoms with E-state index in [1.165, 1.54) is 19.3 Å². The second kappa shape index (κ2) is 6.89. The molecule has 0 bridgehead atoms. The number of amides is 1. The maximum Gasteiger partial charge on any atom is 0.221 e. The Hall–Kier alpha value is -0.570. The van der Waals surface area contributed by atoms with Crippen LogP contribution in [-0.4, -0.2) is 25.0 Å². The van der Waals surface area contributed by atoms with Crippen LogP contribution < -0.4 is 10.6 Å². The summed E-state index contributed by atoms with van der Waals surface area (Å²) in [5.41, 5.74) is 0. The first-order valence-corrected chi connectivity index (χ1v) is 6.63. The number of hydrogen-bond donors (Lipinski definition) is 2. The maximum absolute atomic E-state index is 11.6. The molecule has 1 aliphatic rings. The smallest absolute Gasteiger partial charge is 0.221 e. The molecule has 1 amide bonds. The van der Waals surface area contributed by atoms with Gasteiger partial charge in [0.25, 0.3) is 0 Å². The van der Waals surface area contributed by atoms with Crippen LogP contribution in [0.4, 0.5) is 0 Å². The standard InChI is InChI=1S/C13H26N2O/c1-4-14-11(3)8-13(16)15-9-12-7-5-6-10(12)2/h10-12,14H,4-9H2,1-3H3,(H,15,16). The predicted molar refractivity (Wildman–Crippen MR) is 67.3 cm³/mol. The topological polar surface area (TPSA) is 41.1 Å². The van der Waals surface area contributed by atoms with Gasteiger partial charge < -0.3 is 10.6 Å². The summed E-state index contributed by atoms with van der Waals surface area (Å²) in [6, 6.07) is 0.283. The molecule has 3 nitrogen and oxygen atoms in total. The Kier molecular flexibility index (Phi) is 5.81. The van der Waals surface area contributed by atoms with Crippen molar-refractivity contribution in [3.63, 3.8) is 0 Å². The summed E-state index contributed by atoms with van der Waals surface area (Å²) in [7, 11) is 0. The van der Waals surface area contributed by atoms with Gasteiger partial charge in [-0.15, -0.1) is 0 Å². The van der Waals surface area contributed by atoms with Crippen LogP contribution >= 0.6 is 0 Å². The summed E-state index contributed by atoms with van der Waals surface area (Å²) >= 11 is 0. The molecule has 0 aromatic carbocycles. The zero-order chi connectivity index (χ0) is 12.0. The van der Waals surface area contributed by atoms with Crippen LogP contribution in [-0.2, 0) is 4.79 Å². The monoisotopic (exact) mass is 226 g/mol. The van der Waals surface area contributed by atoms with Crippen molar-refractivity contribution in [1.29, 1.82) is 0 Å². The molecule has 2 N–H and O–H groups in total. The Morgan fingerprint density at radius 2 is 2.19 bits per heavy atom. The molecule has 16 heavy (non-hydrogen) atoms. The van der Waals surface area contributed by atoms with Crippen molar-refractivity contribution in [2.75, 3.05) is 13.1 Å². The van der Waals surface area contributed by atoms with Crippen molar-refractivity contribution in [2.45, 2.75) is 52.5 Å². The van der Waals surface area contributed by atoms with Gasteiger partial charge in [-0.1, -0.05) is 26.7 Å². The van der Waals surface area contributed by atoms with Crippen LogP contribution in [0.1, 0.15) is 46.5 Å². The van der Waals surface area contributed by atoms with Gasteiger partial charge in [0, 0.05) is 19.0 Å². The van der Waals surface area contributed by atoms with E-state index in [4.69, 9.17) is 0 Å². The van der Waals surface area contributed by atoms with Gasteiger partial charge in [0.2, 0.25) is 5.91 Å². The Balaban J connectivity index is 2.14. The maximum atomic E-state index is 11.6. The highest BCUT2D eigenvalue weighted by molar-refractivity contribution is 5.76. The first kappa shape index (κ1) is 13.5. The van der Waals surface area contributed by atoms with E-state index in [1.807, 2.05) is 0 Å². The summed E-state index contributed by atoms with van der Waals surface area (Å²) in [6.45, 7) is 8.22. The normalized spacial score (nSPS) is 26.7. The molecule has 3 unspecified atom stereocenters. The number of nitrogens with one attached hydrogen (secondary N) is 2. The van der Waals surface area contributed by atoms with E-state index in [0.29, 0.717) is 12.3 Å². The van der Waals surface area contributed by atoms with Gasteiger partial charge in [0.05, 0.1) is 0 Å². The fourth-order valence-corrected chi connectivity index (χ4v) is 2.54. The van der Waals surface area contributed by atoms with Crippen LogP contribution in [0.3, 0.4) is 0 Å². The molecule has 0 aromatic heterocycles. The zero-order valence-electron chi connectivity index (χ0n) is 10.9.